The Balaban J connectivity index is 1.90. The van der Waals surface area contributed by atoms with E-state index < -0.39 is 6.04 Å². The quantitative estimate of drug-likeness (QED) is 0.820. The van der Waals surface area contributed by atoms with Crippen molar-refractivity contribution < 1.29 is 14.3 Å². The van der Waals surface area contributed by atoms with Crippen molar-refractivity contribution in [2.45, 2.75) is 19.4 Å². The maximum atomic E-state index is 12.9. The number of carbonyl (C=O) groups excluding carboxylic acids is 2. The second-order valence-corrected chi connectivity index (χ2v) is 6.01. The maximum Gasteiger partial charge on any atom is 0.260 e. The summed E-state index contributed by atoms with van der Waals surface area (Å²) < 4.78 is 4.95. The average Bonchev–Trinajstić information content (AvgIpc) is 2.88. The molecule has 1 N–H and O–H groups in total. The molecular formula is C19H21N3O3. The number of hydrogen-bond donors (Lipinski definition) is 1. The summed E-state index contributed by atoms with van der Waals surface area (Å²) in [6, 6.07) is 10.8. The minimum atomic E-state index is -0.409. The normalized spacial score (nSPS) is 16.0. The topological polar surface area (TPSA) is 71.5 Å². The molecule has 1 atom stereocenters. The van der Waals surface area contributed by atoms with Crippen LogP contribution in [-0.4, -0.2) is 37.1 Å². The van der Waals surface area contributed by atoms with E-state index in [-0.39, 0.29) is 18.2 Å². The van der Waals surface area contributed by atoms with Crippen LogP contribution >= 0.6 is 0 Å². The number of aromatic nitrogens is 1. The van der Waals surface area contributed by atoms with Gasteiger partial charge in [0.2, 0.25) is 5.91 Å². The van der Waals surface area contributed by atoms with Crippen LogP contribution in [0.3, 0.4) is 0 Å². The van der Waals surface area contributed by atoms with Crippen molar-refractivity contribution in [3.63, 3.8) is 0 Å². The highest BCUT2D eigenvalue weighted by Crippen LogP contribution is 2.38. The largest absolute Gasteiger partial charge is 0.383 e. The number of nitrogens with one attached hydrogen (secondary N) is 1. The lowest BCUT2D eigenvalue weighted by Crippen LogP contribution is -2.34. The van der Waals surface area contributed by atoms with Gasteiger partial charge < -0.3 is 10.1 Å². The lowest BCUT2D eigenvalue weighted by molar-refractivity contribution is -0.121. The van der Waals surface area contributed by atoms with Gasteiger partial charge in [-0.15, -0.1) is 0 Å². The van der Waals surface area contributed by atoms with Crippen LogP contribution in [0.25, 0.3) is 0 Å². The molecule has 1 aromatic heterocycles. The Bertz CT molecular complexity index is 791. The summed E-state index contributed by atoms with van der Waals surface area (Å²) in [6.07, 6.45) is 1.81. The molecule has 130 valence electrons. The fraction of sp³-hybridized carbons (Fsp3) is 0.316. The Kier molecular flexibility index (Phi) is 5.09. The van der Waals surface area contributed by atoms with Gasteiger partial charge in [0.1, 0.15) is 0 Å². The number of pyridine rings is 1. The molecule has 2 aromatic rings. The van der Waals surface area contributed by atoms with Crippen LogP contribution in [0, 0.1) is 6.92 Å². The van der Waals surface area contributed by atoms with Crippen LogP contribution in [0.15, 0.2) is 42.6 Å². The summed E-state index contributed by atoms with van der Waals surface area (Å²) in [7, 11) is 1.58. The van der Waals surface area contributed by atoms with E-state index in [9.17, 15) is 9.59 Å². The molecule has 1 aromatic carbocycles. The molecule has 0 aliphatic carbocycles. The first-order valence-corrected chi connectivity index (χ1v) is 8.22. The van der Waals surface area contributed by atoms with Gasteiger partial charge in [0.15, 0.2) is 0 Å². The average molecular weight is 339 g/mol. The molecule has 25 heavy (non-hydrogen) atoms. The Morgan fingerprint density at radius 2 is 2.16 bits per heavy atom. The number of rotatable bonds is 6. The number of carbonyl (C=O) groups is 2. The molecule has 2 amide bonds. The van der Waals surface area contributed by atoms with Gasteiger partial charge in [-0.1, -0.05) is 12.1 Å². The fourth-order valence-corrected chi connectivity index (χ4v) is 3.06. The zero-order valence-corrected chi connectivity index (χ0v) is 14.4. The van der Waals surface area contributed by atoms with E-state index in [0.29, 0.717) is 24.4 Å². The van der Waals surface area contributed by atoms with Crippen LogP contribution < -0.4 is 10.2 Å². The maximum absolute atomic E-state index is 12.9. The lowest BCUT2D eigenvalue weighted by atomic mass is 10.1. The first-order chi connectivity index (χ1) is 12.1. The highest BCUT2D eigenvalue weighted by atomic mass is 16.5. The minimum Gasteiger partial charge on any atom is -0.383 e. The molecule has 1 aliphatic heterocycles. The minimum absolute atomic E-state index is 0.122. The summed E-state index contributed by atoms with van der Waals surface area (Å²) in [5.74, 6) is -0.255. The number of aryl methyl sites for hydroxylation is 1. The first-order valence-electron chi connectivity index (χ1n) is 8.22. The second-order valence-electron chi connectivity index (χ2n) is 6.01. The Hall–Kier alpha value is -2.73. The van der Waals surface area contributed by atoms with Crippen molar-refractivity contribution in [1.82, 2.24) is 10.3 Å². The highest BCUT2D eigenvalue weighted by molar-refractivity contribution is 6.11. The number of methoxy groups -OCH3 is 1. The predicted molar refractivity (Wildman–Crippen MR) is 94.5 cm³/mol. The third-order valence-electron chi connectivity index (χ3n) is 4.20. The number of nitrogens with zero attached hydrogens (tertiary/aromatic N) is 2. The van der Waals surface area contributed by atoms with Crippen molar-refractivity contribution in [2.75, 3.05) is 25.2 Å². The van der Waals surface area contributed by atoms with Gasteiger partial charge >= 0.3 is 0 Å². The van der Waals surface area contributed by atoms with E-state index in [1.807, 2.05) is 31.2 Å². The molecule has 0 saturated heterocycles. The molecule has 0 spiro atoms. The standard InChI is InChI=1S/C19H21N3O3/c1-13-5-3-6-14(11-13)22-16(12-17(23)20-9-10-25-2)18-15(19(22)24)7-4-8-21-18/h3-8,11,16H,9-10,12H2,1-2H3,(H,20,23)/t16-/m0/s1. The van der Waals surface area contributed by atoms with Crippen LogP contribution in [0.4, 0.5) is 5.69 Å². The van der Waals surface area contributed by atoms with E-state index in [1.165, 1.54) is 0 Å². The number of amides is 2. The zero-order valence-electron chi connectivity index (χ0n) is 14.4. The molecule has 6 heteroatoms. The summed E-state index contributed by atoms with van der Waals surface area (Å²) in [5.41, 5.74) is 3.03. The third kappa shape index (κ3) is 3.53. The molecule has 2 heterocycles. The Labute approximate surface area is 146 Å². The van der Waals surface area contributed by atoms with Crippen LogP contribution in [0.5, 0.6) is 0 Å². The fourth-order valence-electron chi connectivity index (χ4n) is 3.06. The molecule has 0 saturated carbocycles. The van der Waals surface area contributed by atoms with Gasteiger partial charge in [0.25, 0.3) is 5.91 Å². The van der Waals surface area contributed by atoms with Gasteiger partial charge in [-0.05, 0) is 36.8 Å². The van der Waals surface area contributed by atoms with E-state index in [1.54, 1.807) is 30.3 Å². The number of fused-ring (bicyclic) bond motifs is 1. The number of benzene rings is 1. The van der Waals surface area contributed by atoms with Gasteiger partial charge in [0.05, 0.1) is 30.3 Å². The highest BCUT2D eigenvalue weighted by Gasteiger charge is 2.39. The first kappa shape index (κ1) is 17.1. The molecule has 0 bridgehead atoms. The van der Waals surface area contributed by atoms with E-state index in [2.05, 4.69) is 10.3 Å². The Morgan fingerprint density at radius 1 is 1.32 bits per heavy atom. The molecule has 1 aliphatic rings. The van der Waals surface area contributed by atoms with Crippen LogP contribution in [0.1, 0.15) is 34.1 Å². The van der Waals surface area contributed by atoms with Crippen molar-refractivity contribution in [3.05, 3.63) is 59.4 Å². The van der Waals surface area contributed by atoms with E-state index in [4.69, 9.17) is 4.74 Å². The van der Waals surface area contributed by atoms with Crippen LogP contribution in [-0.2, 0) is 9.53 Å². The van der Waals surface area contributed by atoms with Gasteiger partial charge in [-0.25, -0.2) is 0 Å². The molecule has 3 rings (SSSR count). The summed E-state index contributed by atoms with van der Waals surface area (Å²) >= 11 is 0. The Morgan fingerprint density at radius 3 is 2.92 bits per heavy atom. The summed E-state index contributed by atoms with van der Waals surface area (Å²) in [4.78, 5) is 31.2. The number of anilines is 1. The second kappa shape index (κ2) is 7.44. The van der Waals surface area contributed by atoms with Gasteiger partial charge in [0, 0.05) is 25.5 Å². The van der Waals surface area contributed by atoms with Crippen molar-refractivity contribution in [2.24, 2.45) is 0 Å². The zero-order chi connectivity index (χ0) is 17.8. The smallest absolute Gasteiger partial charge is 0.260 e. The monoisotopic (exact) mass is 339 g/mol. The molecule has 0 unspecified atom stereocenters. The number of ether oxygens (including phenoxy) is 1. The summed E-state index contributed by atoms with van der Waals surface area (Å²) in [6.45, 7) is 2.86. The van der Waals surface area contributed by atoms with Crippen molar-refractivity contribution in [3.8, 4) is 0 Å². The SMILES string of the molecule is COCCNC(=O)C[C@H]1c2ncccc2C(=O)N1c1cccc(C)c1. The molecule has 0 radical (unpaired) electrons. The number of hydrogen-bond acceptors (Lipinski definition) is 4. The van der Waals surface area contributed by atoms with E-state index >= 15 is 0 Å². The molecular weight excluding hydrogens is 318 g/mol. The molecule has 0 fully saturated rings. The van der Waals surface area contributed by atoms with Crippen molar-refractivity contribution >= 4 is 17.5 Å². The predicted octanol–water partition coefficient (Wildman–Crippen LogP) is 2.24. The summed E-state index contributed by atoms with van der Waals surface area (Å²) in [5, 5.41) is 2.81. The lowest BCUT2D eigenvalue weighted by Gasteiger charge is -2.25. The van der Waals surface area contributed by atoms with Gasteiger partial charge in [-0.2, -0.15) is 0 Å². The van der Waals surface area contributed by atoms with Crippen molar-refractivity contribution in [1.29, 1.82) is 0 Å². The van der Waals surface area contributed by atoms with Gasteiger partial charge in [-0.3, -0.25) is 19.5 Å². The van der Waals surface area contributed by atoms with Crippen LogP contribution in [0.2, 0.25) is 0 Å². The van der Waals surface area contributed by atoms with E-state index in [0.717, 1.165) is 11.3 Å². The third-order valence-corrected chi connectivity index (χ3v) is 4.20. The molecule has 6 nitrogen and oxygen atoms in total.